The van der Waals surface area contributed by atoms with Crippen LogP contribution < -0.4 is 5.73 Å². The quantitative estimate of drug-likeness (QED) is 0.828. The lowest BCUT2D eigenvalue weighted by Crippen LogP contribution is -2.06. The predicted molar refractivity (Wildman–Crippen MR) is 63.8 cm³/mol. The molecule has 1 heterocycles. The zero-order valence-electron chi connectivity index (χ0n) is 9.14. The molecule has 0 aliphatic rings. The van der Waals surface area contributed by atoms with Crippen molar-refractivity contribution >= 4 is 5.82 Å². The summed E-state index contributed by atoms with van der Waals surface area (Å²) in [6, 6.07) is 14.0. The largest absolute Gasteiger partial charge is 0.384 e. The molecule has 0 radical (unpaired) electrons. The number of nitriles is 1. The molecule has 0 saturated heterocycles. The van der Waals surface area contributed by atoms with Crippen LogP contribution in [-0.2, 0) is 6.54 Å². The molecule has 2 aromatic rings. The van der Waals surface area contributed by atoms with Crippen LogP contribution in [0.5, 0.6) is 0 Å². The molecule has 0 saturated carbocycles. The first kappa shape index (κ1) is 10.3. The maximum Gasteiger partial charge on any atom is 0.122 e. The highest BCUT2D eigenvalue weighted by atomic mass is 15.1. The Morgan fingerprint density at radius 3 is 2.56 bits per heavy atom. The molecule has 1 aromatic carbocycles. The van der Waals surface area contributed by atoms with E-state index in [1.807, 2.05) is 47.9 Å². The van der Waals surface area contributed by atoms with Crippen LogP contribution in [0.2, 0.25) is 0 Å². The predicted octanol–water partition coefficient (Wildman–Crippen LogP) is 2.30. The minimum Gasteiger partial charge on any atom is -0.384 e. The van der Waals surface area contributed by atoms with E-state index in [4.69, 9.17) is 11.0 Å². The highest BCUT2D eigenvalue weighted by molar-refractivity contribution is 5.52. The molecule has 0 aliphatic carbocycles. The summed E-state index contributed by atoms with van der Waals surface area (Å²) in [7, 11) is 0. The topological polar surface area (TPSA) is 54.7 Å². The van der Waals surface area contributed by atoms with E-state index >= 15 is 0 Å². The van der Waals surface area contributed by atoms with E-state index in [0.29, 0.717) is 17.9 Å². The number of rotatable bonds is 2. The number of aromatic nitrogens is 1. The second-order valence-electron chi connectivity index (χ2n) is 3.77. The molecule has 0 unspecified atom stereocenters. The van der Waals surface area contributed by atoms with Gasteiger partial charge < -0.3 is 10.3 Å². The van der Waals surface area contributed by atoms with Gasteiger partial charge >= 0.3 is 0 Å². The van der Waals surface area contributed by atoms with Gasteiger partial charge in [-0.15, -0.1) is 0 Å². The Morgan fingerprint density at radius 2 is 2.00 bits per heavy atom. The van der Waals surface area contributed by atoms with Crippen LogP contribution in [0, 0.1) is 18.3 Å². The number of aryl methyl sites for hydroxylation is 1. The number of anilines is 1. The minimum absolute atomic E-state index is 0.545. The highest BCUT2D eigenvalue weighted by Gasteiger charge is 2.09. The Bertz CT molecular complexity index is 532. The second-order valence-corrected chi connectivity index (χ2v) is 3.77. The summed E-state index contributed by atoms with van der Waals surface area (Å²) in [5, 5.41) is 8.88. The second kappa shape index (κ2) is 4.11. The average molecular weight is 211 g/mol. The number of hydrogen-bond donors (Lipinski definition) is 1. The third-order valence-electron chi connectivity index (χ3n) is 2.65. The van der Waals surface area contributed by atoms with Gasteiger partial charge in [-0.3, -0.25) is 0 Å². The third kappa shape index (κ3) is 1.78. The zero-order valence-corrected chi connectivity index (χ0v) is 9.14. The van der Waals surface area contributed by atoms with Crippen LogP contribution >= 0.6 is 0 Å². The molecule has 2 N–H and O–H groups in total. The average Bonchev–Trinajstić information content (AvgIpc) is 2.58. The van der Waals surface area contributed by atoms with E-state index in [9.17, 15) is 0 Å². The molecule has 3 heteroatoms. The van der Waals surface area contributed by atoms with Crippen molar-refractivity contribution in [2.45, 2.75) is 13.5 Å². The molecule has 1 aromatic heterocycles. The normalized spacial score (nSPS) is 10.0. The van der Waals surface area contributed by atoms with Crippen molar-refractivity contribution < 1.29 is 0 Å². The number of nitrogens with zero attached hydrogens (tertiary/aromatic N) is 2. The molecule has 0 amide bonds. The van der Waals surface area contributed by atoms with Crippen LogP contribution in [0.1, 0.15) is 16.8 Å². The molecule has 0 spiro atoms. The Kier molecular flexibility index (Phi) is 2.65. The molecule has 0 aliphatic heterocycles. The van der Waals surface area contributed by atoms with E-state index in [2.05, 4.69) is 6.07 Å². The lowest BCUT2D eigenvalue weighted by molar-refractivity contribution is 0.787. The van der Waals surface area contributed by atoms with E-state index in [1.54, 1.807) is 0 Å². The van der Waals surface area contributed by atoms with Gasteiger partial charge in [0.1, 0.15) is 11.9 Å². The maximum atomic E-state index is 8.88. The van der Waals surface area contributed by atoms with Crippen molar-refractivity contribution in [3.63, 3.8) is 0 Å². The van der Waals surface area contributed by atoms with Gasteiger partial charge in [0.05, 0.1) is 5.56 Å². The molecule has 0 atom stereocenters. The minimum atomic E-state index is 0.545. The summed E-state index contributed by atoms with van der Waals surface area (Å²) >= 11 is 0. The van der Waals surface area contributed by atoms with Crippen molar-refractivity contribution in [1.82, 2.24) is 4.57 Å². The van der Waals surface area contributed by atoms with E-state index in [1.165, 1.54) is 5.56 Å². The zero-order chi connectivity index (χ0) is 11.5. The fraction of sp³-hybridized carbons (Fsp3) is 0.154. The summed E-state index contributed by atoms with van der Waals surface area (Å²) in [4.78, 5) is 0. The first-order chi connectivity index (χ1) is 7.72. The van der Waals surface area contributed by atoms with Gasteiger partial charge in [-0.25, -0.2) is 0 Å². The fourth-order valence-corrected chi connectivity index (χ4v) is 1.76. The van der Waals surface area contributed by atoms with Crippen LogP contribution in [0.4, 0.5) is 5.82 Å². The van der Waals surface area contributed by atoms with Gasteiger partial charge in [-0.05, 0) is 18.6 Å². The van der Waals surface area contributed by atoms with Gasteiger partial charge in [0.2, 0.25) is 0 Å². The molecular weight excluding hydrogens is 198 g/mol. The van der Waals surface area contributed by atoms with E-state index < -0.39 is 0 Å². The smallest absolute Gasteiger partial charge is 0.122 e. The van der Waals surface area contributed by atoms with Crippen molar-refractivity contribution in [2.75, 3.05) is 5.73 Å². The Morgan fingerprint density at radius 1 is 1.31 bits per heavy atom. The SMILES string of the molecule is Cc1cc(C#N)c(N)n1Cc1ccccc1. The molecule has 80 valence electrons. The summed E-state index contributed by atoms with van der Waals surface area (Å²) in [6.07, 6.45) is 0. The number of nitrogens with two attached hydrogens (primary N) is 1. The van der Waals surface area contributed by atoms with Crippen molar-refractivity contribution in [2.24, 2.45) is 0 Å². The van der Waals surface area contributed by atoms with E-state index in [0.717, 1.165) is 5.69 Å². The van der Waals surface area contributed by atoms with Crippen molar-refractivity contribution in [1.29, 1.82) is 5.26 Å². The third-order valence-corrected chi connectivity index (χ3v) is 2.65. The number of hydrogen-bond acceptors (Lipinski definition) is 2. The Hall–Kier alpha value is -2.21. The van der Waals surface area contributed by atoms with Crippen molar-refractivity contribution in [3.05, 3.63) is 53.2 Å². The van der Waals surface area contributed by atoms with Crippen molar-refractivity contribution in [3.8, 4) is 6.07 Å². The van der Waals surface area contributed by atoms with Crippen LogP contribution in [0.15, 0.2) is 36.4 Å². The summed E-state index contributed by atoms with van der Waals surface area (Å²) in [5.74, 6) is 0.545. The molecule has 2 rings (SSSR count). The summed E-state index contributed by atoms with van der Waals surface area (Å²) in [5.41, 5.74) is 8.64. The first-order valence-corrected chi connectivity index (χ1v) is 5.12. The molecule has 3 nitrogen and oxygen atoms in total. The van der Waals surface area contributed by atoms with Gasteiger partial charge in [-0.2, -0.15) is 5.26 Å². The number of benzene rings is 1. The van der Waals surface area contributed by atoms with E-state index in [-0.39, 0.29) is 0 Å². The van der Waals surface area contributed by atoms with Gasteiger partial charge in [0.15, 0.2) is 0 Å². The lowest BCUT2D eigenvalue weighted by Gasteiger charge is -2.08. The van der Waals surface area contributed by atoms with Crippen LogP contribution in [0.3, 0.4) is 0 Å². The van der Waals surface area contributed by atoms with Gasteiger partial charge in [0.25, 0.3) is 0 Å². The molecular formula is C13H13N3. The molecule has 0 bridgehead atoms. The number of nitrogen functional groups attached to an aromatic ring is 1. The fourth-order valence-electron chi connectivity index (χ4n) is 1.76. The molecule has 0 fully saturated rings. The maximum absolute atomic E-state index is 8.88. The lowest BCUT2D eigenvalue weighted by atomic mass is 10.2. The summed E-state index contributed by atoms with van der Waals surface area (Å²) in [6.45, 7) is 2.67. The molecule has 16 heavy (non-hydrogen) atoms. The van der Waals surface area contributed by atoms with Gasteiger partial charge in [-0.1, -0.05) is 30.3 Å². The van der Waals surface area contributed by atoms with Crippen LogP contribution in [-0.4, -0.2) is 4.57 Å². The Balaban J connectivity index is 2.36. The Labute approximate surface area is 94.7 Å². The summed E-state index contributed by atoms with van der Waals surface area (Å²) < 4.78 is 1.95. The monoisotopic (exact) mass is 211 g/mol. The highest BCUT2D eigenvalue weighted by Crippen LogP contribution is 2.18. The standard InChI is InChI=1S/C13H13N3/c1-10-7-12(8-14)13(15)16(10)9-11-5-3-2-4-6-11/h2-7H,9,15H2,1H3. The van der Waals surface area contributed by atoms with Gasteiger partial charge in [0, 0.05) is 12.2 Å². The van der Waals surface area contributed by atoms with Crippen LogP contribution in [0.25, 0.3) is 0 Å². The first-order valence-electron chi connectivity index (χ1n) is 5.12.